The molecular weight excluding hydrogens is 206 g/mol. The molecule has 0 amide bonds. The number of amidine groups is 1. The molecule has 1 aromatic rings. The van der Waals surface area contributed by atoms with Crippen LogP contribution in [0.25, 0.3) is 0 Å². The third kappa shape index (κ3) is 3.03. The van der Waals surface area contributed by atoms with Gasteiger partial charge in [0, 0.05) is 17.3 Å². The number of phenolic OH excluding ortho intramolecular Hbond substituents is 1. The molecule has 0 aliphatic rings. The second-order valence-corrected chi connectivity index (χ2v) is 3.77. The van der Waals surface area contributed by atoms with Gasteiger partial charge in [-0.1, -0.05) is 0 Å². The van der Waals surface area contributed by atoms with E-state index in [1.807, 2.05) is 13.8 Å². The lowest BCUT2D eigenvalue weighted by Crippen LogP contribution is -2.35. The smallest absolute Gasteiger partial charge is 0.152 e. The van der Waals surface area contributed by atoms with Crippen molar-refractivity contribution < 1.29 is 5.11 Å². The van der Waals surface area contributed by atoms with Gasteiger partial charge in [0.1, 0.15) is 5.75 Å². The van der Waals surface area contributed by atoms with E-state index in [-0.39, 0.29) is 17.6 Å². The molecule has 0 aliphatic carbocycles. The molecule has 0 radical (unpaired) electrons. The minimum absolute atomic E-state index is 0.0354. The molecule has 0 aromatic heterocycles. The molecule has 6 heteroatoms. The first-order valence-electron chi connectivity index (χ1n) is 4.88. The van der Waals surface area contributed by atoms with E-state index in [9.17, 15) is 5.11 Å². The van der Waals surface area contributed by atoms with Gasteiger partial charge < -0.3 is 16.6 Å². The van der Waals surface area contributed by atoms with Crippen molar-refractivity contribution in [3.05, 3.63) is 23.8 Å². The molecule has 0 heterocycles. The number of rotatable bonds is 3. The molecule has 0 bridgehead atoms. The monoisotopic (exact) mass is 223 g/mol. The van der Waals surface area contributed by atoms with Crippen LogP contribution in [0.15, 0.2) is 23.3 Å². The highest BCUT2D eigenvalue weighted by Gasteiger charge is 2.05. The highest BCUT2D eigenvalue weighted by Crippen LogP contribution is 2.17. The van der Waals surface area contributed by atoms with Crippen molar-refractivity contribution in [2.75, 3.05) is 5.73 Å². The van der Waals surface area contributed by atoms with Gasteiger partial charge in [-0.15, -0.1) is 5.10 Å². The van der Waals surface area contributed by atoms with Crippen molar-refractivity contribution in [1.82, 2.24) is 5.12 Å². The van der Waals surface area contributed by atoms with E-state index < -0.39 is 0 Å². The average molecular weight is 223 g/mol. The number of nitrogen functional groups attached to an aromatic ring is 1. The van der Waals surface area contributed by atoms with Crippen LogP contribution < -0.4 is 17.3 Å². The van der Waals surface area contributed by atoms with Gasteiger partial charge in [-0.25, -0.2) is 11.0 Å². The summed E-state index contributed by atoms with van der Waals surface area (Å²) in [7, 11) is 0. The summed E-state index contributed by atoms with van der Waals surface area (Å²) in [5.74, 6) is 5.85. The van der Waals surface area contributed by atoms with Crippen LogP contribution in [0.5, 0.6) is 5.75 Å². The van der Waals surface area contributed by atoms with E-state index >= 15 is 0 Å². The summed E-state index contributed by atoms with van der Waals surface area (Å²) in [6.07, 6.45) is 0. The Kier molecular flexibility index (Phi) is 3.57. The van der Waals surface area contributed by atoms with Crippen LogP contribution in [0.1, 0.15) is 19.4 Å². The highest BCUT2D eigenvalue weighted by atomic mass is 16.3. The number of anilines is 1. The van der Waals surface area contributed by atoms with Crippen molar-refractivity contribution in [1.29, 1.82) is 0 Å². The molecular formula is C10H17N5O. The fraction of sp³-hybridized carbons (Fsp3) is 0.300. The molecule has 0 atom stereocenters. The largest absolute Gasteiger partial charge is 0.508 e. The lowest BCUT2D eigenvalue weighted by atomic mass is 10.2. The quantitative estimate of drug-likeness (QED) is 0.192. The number of hydrogen-bond donors (Lipinski definition) is 4. The molecule has 1 aromatic carbocycles. The zero-order chi connectivity index (χ0) is 12.3. The molecule has 6 nitrogen and oxygen atoms in total. The van der Waals surface area contributed by atoms with Crippen molar-refractivity contribution >= 4 is 11.5 Å². The Balaban J connectivity index is 3.00. The molecule has 88 valence electrons. The molecule has 0 unspecified atom stereocenters. The Bertz CT molecular complexity index is 382. The summed E-state index contributed by atoms with van der Waals surface area (Å²) in [6.45, 7) is 3.77. The van der Waals surface area contributed by atoms with E-state index in [0.717, 1.165) is 0 Å². The maximum atomic E-state index is 9.35. The highest BCUT2D eigenvalue weighted by molar-refractivity contribution is 5.98. The number of hydrazine groups is 1. The van der Waals surface area contributed by atoms with E-state index in [2.05, 4.69) is 5.10 Å². The van der Waals surface area contributed by atoms with Gasteiger partial charge in [-0.3, -0.25) is 0 Å². The molecule has 0 saturated heterocycles. The topological polar surface area (TPSA) is 114 Å². The van der Waals surface area contributed by atoms with E-state index in [4.69, 9.17) is 17.3 Å². The second kappa shape index (κ2) is 4.71. The number of hydrogen-bond acceptors (Lipinski definition) is 5. The van der Waals surface area contributed by atoms with Crippen LogP contribution in [0.3, 0.4) is 0 Å². The van der Waals surface area contributed by atoms with Crippen LogP contribution in [0.2, 0.25) is 0 Å². The summed E-state index contributed by atoms with van der Waals surface area (Å²) in [5, 5.41) is 14.6. The third-order valence-electron chi connectivity index (χ3n) is 1.99. The van der Waals surface area contributed by atoms with E-state index in [0.29, 0.717) is 11.3 Å². The Morgan fingerprint density at radius 1 is 1.38 bits per heavy atom. The van der Waals surface area contributed by atoms with Gasteiger partial charge in [-0.2, -0.15) is 0 Å². The van der Waals surface area contributed by atoms with Gasteiger partial charge in [0.05, 0.1) is 6.04 Å². The Labute approximate surface area is 94.3 Å². The molecule has 0 fully saturated rings. The summed E-state index contributed by atoms with van der Waals surface area (Å²) >= 11 is 0. The SMILES string of the molecule is CC(C)N(N)/N=C(\N)c1cc(N)cc(O)c1. The Hall–Kier alpha value is -1.95. The fourth-order valence-electron chi connectivity index (χ4n) is 1.08. The first-order valence-corrected chi connectivity index (χ1v) is 4.88. The molecule has 0 saturated carbocycles. The first kappa shape index (κ1) is 12.1. The number of hydrazone groups is 1. The molecule has 0 spiro atoms. The zero-order valence-electron chi connectivity index (χ0n) is 9.38. The van der Waals surface area contributed by atoms with Crippen LogP contribution >= 0.6 is 0 Å². The van der Waals surface area contributed by atoms with Crippen LogP contribution in [0.4, 0.5) is 5.69 Å². The second-order valence-electron chi connectivity index (χ2n) is 3.77. The van der Waals surface area contributed by atoms with Crippen molar-refractivity contribution in [3.8, 4) is 5.75 Å². The van der Waals surface area contributed by atoms with Crippen LogP contribution in [-0.2, 0) is 0 Å². The minimum atomic E-state index is 0.0354. The van der Waals surface area contributed by atoms with E-state index in [1.165, 1.54) is 17.3 Å². The Morgan fingerprint density at radius 3 is 2.50 bits per heavy atom. The molecule has 7 N–H and O–H groups in total. The summed E-state index contributed by atoms with van der Waals surface area (Å²) < 4.78 is 0. The lowest BCUT2D eigenvalue weighted by Gasteiger charge is -2.17. The third-order valence-corrected chi connectivity index (χ3v) is 1.99. The fourth-order valence-corrected chi connectivity index (χ4v) is 1.08. The number of aromatic hydroxyl groups is 1. The summed E-state index contributed by atoms with van der Waals surface area (Å²) in [5.41, 5.74) is 12.3. The molecule has 16 heavy (non-hydrogen) atoms. The zero-order valence-corrected chi connectivity index (χ0v) is 9.38. The van der Waals surface area contributed by atoms with Crippen LogP contribution in [-0.4, -0.2) is 22.1 Å². The normalized spacial score (nSPS) is 11.9. The van der Waals surface area contributed by atoms with Crippen molar-refractivity contribution in [2.45, 2.75) is 19.9 Å². The van der Waals surface area contributed by atoms with Gasteiger partial charge in [0.15, 0.2) is 5.84 Å². The summed E-state index contributed by atoms with van der Waals surface area (Å²) in [4.78, 5) is 0. The van der Waals surface area contributed by atoms with Gasteiger partial charge >= 0.3 is 0 Å². The van der Waals surface area contributed by atoms with Gasteiger partial charge in [0.2, 0.25) is 0 Å². The number of phenols is 1. The van der Waals surface area contributed by atoms with Gasteiger partial charge in [-0.05, 0) is 26.0 Å². The van der Waals surface area contributed by atoms with Crippen molar-refractivity contribution in [3.63, 3.8) is 0 Å². The number of nitrogens with two attached hydrogens (primary N) is 3. The first-order chi connectivity index (χ1) is 7.40. The van der Waals surface area contributed by atoms with Crippen LogP contribution in [0, 0.1) is 0 Å². The predicted molar refractivity (Wildman–Crippen MR) is 64.4 cm³/mol. The number of nitrogens with zero attached hydrogens (tertiary/aromatic N) is 2. The lowest BCUT2D eigenvalue weighted by molar-refractivity contribution is 0.239. The number of benzene rings is 1. The summed E-state index contributed by atoms with van der Waals surface area (Å²) in [6, 6.07) is 4.56. The maximum absolute atomic E-state index is 9.35. The Morgan fingerprint density at radius 2 is 2.00 bits per heavy atom. The van der Waals surface area contributed by atoms with Gasteiger partial charge in [0.25, 0.3) is 0 Å². The average Bonchev–Trinajstić information content (AvgIpc) is 2.15. The minimum Gasteiger partial charge on any atom is -0.508 e. The molecule has 0 aliphatic heterocycles. The maximum Gasteiger partial charge on any atom is 0.152 e. The van der Waals surface area contributed by atoms with E-state index in [1.54, 1.807) is 6.07 Å². The standard InChI is InChI=1S/C10H17N5O/c1-6(2)15(13)14-10(12)7-3-8(11)5-9(16)4-7/h3-6,16H,11,13H2,1-2H3,(H2,12,14). The molecule has 1 rings (SSSR count). The van der Waals surface area contributed by atoms with Crippen molar-refractivity contribution in [2.24, 2.45) is 16.7 Å². The predicted octanol–water partition coefficient (Wildman–Crippen LogP) is 0.179.